The summed E-state index contributed by atoms with van der Waals surface area (Å²) >= 11 is 1.63. The maximum absolute atomic E-state index is 13.6. The largest absolute Gasteiger partial charge is 0.333 e. The van der Waals surface area contributed by atoms with Crippen LogP contribution < -0.4 is 5.32 Å². The smallest absolute Gasteiger partial charge is 0.161 e. The normalized spacial score (nSPS) is 18.4. The van der Waals surface area contributed by atoms with Crippen LogP contribution in [0.5, 0.6) is 0 Å². The minimum Gasteiger partial charge on any atom is -0.333 e. The Morgan fingerprint density at radius 1 is 1.44 bits per heavy atom. The van der Waals surface area contributed by atoms with Gasteiger partial charge < -0.3 is 5.32 Å². The average Bonchev–Trinajstić information content (AvgIpc) is 2.51. The van der Waals surface area contributed by atoms with E-state index >= 15 is 0 Å². The molecular weight excluding hydrogens is 223 g/mol. The van der Waals surface area contributed by atoms with E-state index in [2.05, 4.69) is 24.2 Å². The number of nitrogens with one attached hydrogen (secondary N) is 1. The van der Waals surface area contributed by atoms with Gasteiger partial charge in [0, 0.05) is 5.75 Å². The molecule has 1 N–H and O–H groups in total. The third-order valence-corrected chi connectivity index (χ3v) is 3.65. The Labute approximate surface area is 99.3 Å². The molecule has 0 aliphatic carbocycles. The van der Waals surface area contributed by atoms with Gasteiger partial charge in [0.2, 0.25) is 0 Å². The summed E-state index contributed by atoms with van der Waals surface area (Å²) in [6.45, 7) is 6.01. The molecule has 0 unspecified atom stereocenters. The zero-order valence-electron chi connectivity index (χ0n) is 9.67. The Kier molecular flexibility index (Phi) is 2.93. The van der Waals surface area contributed by atoms with Crippen LogP contribution in [0.2, 0.25) is 0 Å². The Balaban J connectivity index is 2.16. The number of rotatable bonds is 1. The van der Waals surface area contributed by atoms with E-state index in [1.54, 1.807) is 17.8 Å². The van der Waals surface area contributed by atoms with E-state index in [0.717, 1.165) is 16.5 Å². The van der Waals surface area contributed by atoms with Gasteiger partial charge in [-0.25, -0.2) is 4.39 Å². The molecule has 0 saturated heterocycles. The lowest BCUT2D eigenvalue weighted by Crippen LogP contribution is -2.15. The van der Waals surface area contributed by atoms with Gasteiger partial charge in [-0.15, -0.1) is 0 Å². The number of nitrogens with zero attached hydrogens (tertiary/aromatic N) is 1. The van der Waals surface area contributed by atoms with Crippen LogP contribution >= 0.6 is 11.8 Å². The van der Waals surface area contributed by atoms with Gasteiger partial charge in [-0.2, -0.15) is 0 Å². The molecule has 0 amide bonds. The van der Waals surface area contributed by atoms with Crippen molar-refractivity contribution in [1.82, 2.24) is 0 Å². The van der Waals surface area contributed by atoms with Crippen LogP contribution in [0.15, 0.2) is 23.2 Å². The fourth-order valence-corrected chi connectivity index (χ4v) is 2.53. The Hall–Kier alpha value is -1.03. The highest BCUT2D eigenvalue weighted by atomic mass is 32.2. The van der Waals surface area contributed by atoms with Crippen molar-refractivity contribution in [2.45, 2.75) is 26.3 Å². The summed E-state index contributed by atoms with van der Waals surface area (Å²) in [5.41, 5.74) is 1.37. The molecule has 0 spiro atoms. The molecule has 0 aromatic heterocycles. The predicted molar refractivity (Wildman–Crippen MR) is 68.7 cm³/mol. The minimum atomic E-state index is -0.229. The number of halogens is 1. The molecule has 1 heterocycles. The SMILES string of the molecule is Cc1ccc(NC2=NC(C)(C)CS2)c(F)c1. The van der Waals surface area contributed by atoms with Gasteiger partial charge in [-0.1, -0.05) is 17.8 Å². The summed E-state index contributed by atoms with van der Waals surface area (Å²) in [7, 11) is 0. The molecule has 0 radical (unpaired) electrons. The molecule has 0 bridgehead atoms. The lowest BCUT2D eigenvalue weighted by Gasteiger charge is -2.09. The van der Waals surface area contributed by atoms with Crippen LogP contribution in [-0.4, -0.2) is 16.5 Å². The van der Waals surface area contributed by atoms with E-state index in [4.69, 9.17) is 0 Å². The molecular formula is C12H15FN2S. The quantitative estimate of drug-likeness (QED) is 0.810. The molecule has 1 aromatic carbocycles. The van der Waals surface area contributed by atoms with Crippen LogP contribution in [0.4, 0.5) is 10.1 Å². The van der Waals surface area contributed by atoms with Crippen molar-refractivity contribution in [3.05, 3.63) is 29.6 Å². The van der Waals surface area contributed by atoms with Gasteiger partial charge in [0.1, 0.15) is 5.82 Å². The molecule has 0 fully saturated rings. The number of hydrogen-bond acceptors (Lipinski definition) is 3. The molecule has 0 atom stereocenters. The highest BCUT2D eigenvalue weighted by molar-refractivity contribution is 8.14. The van der Waals surface area contributed by atoms with Crippen molar-refractivity contribution < 1.29 is 4.39 Å². The monoisotopic (exact) mass is 238 g/mol. The van der Waals surface area contributed by atoms with Crippen LogP contribution in [0.1, 0.15) is 19.4 Å². The summed E-state index contributed by atoms with van der Waals surface area (Å²) < 4.78 is 13.6. The van der Waals surface area contributed by atoms with Crippen LogP contribution in [-0.2, 0) is 0 Å². The Morgan fingerprint density at radius 3 is 2.75 bits per heavy atom. The topological polar surface area (TPSA) is 24.4 Å². The average molecular weight is 238 g/mol. The van der Waals surface area contributed by atoms with Crippen molar-refractivity contribution in [3.8, 4) is 0 Å². The molecule has 1 aliphatic heterocycles. The number of thioether (sulfide) groups is 1. The fourth-order valence-electron chi connectivity index (χ4n) is 1.49. The lowest BCUT2D eigenvalue weighted by molar-refractivity contribution is 0.604. The molecule has 2 rings (SSSR count). The second kappa shape index (κ2) is 4.09. The lowest BCUT2D eigenvalue weighted by atomic mass is 10.1. The number of aryl methyl sites for hydroxylation is 1. The van der Waals surface area contributed by atoms with E-state index in [9.17, 15) is 4.39 Å². The first-order valence-corrected chi connectivity index (χ1v) is 6.21. The Morgan fingerprint density at radius 2 is 2.19 bits per heavy atom. The first-order valence-electron chi connectivity index (χ1n) is 5.22. The summed E-state index contributed by atoms with van der Waals surface area (Å²) in [6.07, 6.45) is 0. The van der Waals surface area contributed by atoms with Crippen molar-refractivity contribution in [1.29, 1.82) is 0 Å². The molecule has 2 nitrogen and oxygen atoms in total. The van der Waals surface area contributed by atoms with Crippen molar-refractivity contribution in [3.63, 3.8) is 0 Å². The first-order chi connectivity index (χ1) is 7.46. The van der Waals surface area contributed by atoms with E-state index in [0.29, 0.717) is 5.69 Å². The molecule has 86 valence electrons. The summed E-state index contributed by atoms with van der Waals surface area (Å²) in [5, 5.41) is 3.83. The number of aliphatic imine (C=N–C) groups is 1. The summed E-state index contributed by atoms with van der Waals surface area (Å²) in [6, 6.07) is 5.16. The van der Waals surface area contributed by atoms with Gasteiger partial charge in [-0.3, -0.25) is 4.99 Å². The van der Waals surface area contributed by atoms with Crippen molar-refractivity contribution in [2.75, 3.05) is 11.1 Å². The van der Waals surface area contributed by atoms with Crippen LogP contribution in [0, 0.1) is 12.7 Å². The van der Waals surface area contributed by atoms with Gasteiger partial charge in [0.15, 0.2) is 5.17 Å². The van der Waals surface area contributed by atoms with Gasteiger partial charge >= 0.3 is 0 Å². The maximum Gasteiger partial charge on any atom is 0.161 e. The van der Waals surface area contributed by atoms with Crippen molar-refractivity contribution in [2.24, 2.45) is 4.99 Å². The number of anilines is 1. The molecule has 0 saturated carbocycles. The number of amidine groups is 1. The minimum absolute atomic E-state index is 0.0474. The highest BCUT2D eigenvalue weighted by Gasteiger charge is 2.25. The third-order valence-electron chi connectivity index (χ3n) is 2.33. The number of hydrogen-bond donors (Lipinski definition) is 1. The first kappa shape index (κ1) is 11.5. The summed E-state index contributed by atoms with van der Waals surface area (Å²) in [5.74, 6) is 0.705. The van der Waals surface area contributed by atoms with Gasteiger partial charge in [0.05, 0.1) is 11.2 Å². The number of benzene rings is 1. The Bertz CT molecular complexity index is 441. The fraction of sp³-hybridized carbons (Fsp3) is 0.417. The second-order valence-electron chi connectivity index (χ2n) is 4.63. The molecule has 1 aromatic rings. The molecule has 16 heavy (non-hydrogen) atoms. The zero-order valence-corrected chi connectivity index (χ0v) is 10.5. The van der Waals surface area contributed by atoms with Crippen LogP contribution in [0.25, 0.3) is 0 Å². The third kappa shape index (κ3) is 2.55. The van der Waals surface area contributed by atoms with E-state index in [1.165, 1.54) is 6.07 Å². The van der Waals surface area contributed by atoms with Gasteiger partial charge in [0.25, 0.3) is 0 Å². The molecule has 4 heteroatoms. The predicted octanol–water partition coefficient (Wildman–Crippen LogP) is 3.43. The van der Waals surface area contributed by atoms with E-state index in [-0.39, 0.29) is 11.4 Å². The summed E-state index contributed by atoms with van der Waals surface area (Å²) in [4.78, 5) is 4.48. The maximum atomic E-state index is 13.6. The van der Waals surface area contributed by atoms with Gasteiger partial charge in [-0.05, 0) is 38.5 Å². The van der Waals surface area contributed by atoms with E-state index < -0.39 is 0 Å². The highest BCUT2D eigenvalue weighted by Crippen LogP contribution is 2.28. The second-order valence-corrected chi connectivity index (χ2v) is 5.59. The van der Waals surface area contributed by atoms with Crippen LogP contribution in [0.3, 0.4) is 0 Å². The zero-order chi connectivity index (χ0) is 11.8. The van der Waals surface area contributed by atoms with E-state index in [1.807, 2.05) is 13.0 Å². The molecule has 1 aliphatic rings. The standard InChI is InChI=1S/C12H15FN2S/c1-8-4-5-10(9(13)6-8)14-11-15-12(2,3)7-16-11/h4-6H,7H2,1-3H3,(H,14,15). The van der Waals surface area contributed by atoms with Crippen molar-refractivity contribution >= 4 is 22.6 Å².